The second-order valence-corrected chi connectivity index (χ2v) is 7.67. The van der Waals surface area contributed by atoms with Crippen molar-refractivity contribution in [3.63, 3.8) is 0 Å². The van der Waals surface area contributed by atoms with E-state index in [2.05, 4.69) is 6.58 Å². The number of nitrogens with zero attached hydrogens (tertiary/aromatic N) is 1. The van der Waals surface area contributed by atoms with Gasteiger partial charge >= 0.3 is 0 Å². The molecule has 0 aromatic heterocycles. The molecule has 4 nitrogen and oxygen atoms in total. The number of hydrogen-bond donors (Lipinski definition) is 0. The molecule has 0 radical (unpaired) electrons. The molecular weight excluding hydrogens is 390 g/mol. The topological polar surface area (TPSA) is 38.8 Å². The molecule has 2 aromatic rings. The van der Waals surface area contributed by atoms with E-state index in [0.29, 0.717) is 40.5 Å². The minimum atomic E-state index is -0.0998. The van der Waals surface area contributed by atoms with E-state index in [4.69, 9.17) is 21.7 Å². The van der Waals surface area contributed by atoms with Crippen molar-refractivity contribution in [2.45, 2.75) is 13.5 Å². The predicted octanol–water partition coefficient (Wildman–Crippen LogP) is 5.05. The number of hydrogen-bond acceptors (Lipinski definition) is 5. The maximum absolute atomic E-state index is 12.5. The maximum atomic E-state index is 12.5. The zero-order chi connectivity index (χ0) is 19.9. The molecule has 3 rings (SSSR count). The first-order valence-corrected chi connectivity index (χ1v) is 10.1. The number of rotatable bonds is 8. The Hall–Kier alpha value is -2.57. The van der Waals surface area contributed by atoms with Crippen molar-refractivity contribution in [2.24, 2.45) is 0 Å². The zero-order valence-corrected chi connectivity index (χ0v) is 17.2. The third-order valence-corrected chi connectivity index (χ3v) is 5.37. The van der Waals surface area contributed by atoms with Crippen LogP contribution in [0, 0.1) is 0 Å². The summed E-state index contributed by atoms with van der Waals surface area (Å²) in [5.41, 5.74) is 1.94. The van der Waals surface area contributed by atoms with E-state index in [1.807, 2.05) is 61.5 Å². The molecular formula is C22H21NO3S2. The Balaban J connectivity index is 1.79. The number of benzene rings is 2. The van der Waals surface area contributed by atoms with Crippen molar-refractivity contribution < 1.29 is 14.3 Å². The van der Waals surface area contributed by atoms with Crippen LogP contribution in [0.4, 0.5) is 0 Å². The molecule has 1 heterocycles. The molecule has 1 amide bonds. The molecule has 1 fully saturated rings. The Morgan fingerprint density at radius 2 is 1.93 bits per heavy atom. The van der Waals surface area contributed by atoms with Gasteiger partial charge in [-0.3, -0.25) is 9.69 Å². The molecule has 6 heteroatoms. The van der Waals surface area contributed by atoms with Crippen LogP contribution in [0.25, 0.3) is 6.08 Å². The molecule has 0 unspecified atom stereocenters. The van der Waals surface area contributed by atoms with Crippen LogP contribution in [0.3, 0.4) is 0 Å². The van der Waals surface area contributed by atoms with E-state index in [0.717, 1.165) is 11.1 Å². The van der Waals surface area contributed by atoms with Crippen molar-refractivity contribution in [3.8, 4) is 11.5 Å². The lowest BCUT2D eigenvalue weighted by molar-refractivity contribution is -0.121. The van der Waals surface area contributed by atoms with Gasteiger partial charge in [-0.05, 0) is 36.3 Å². The molecule has 1 saturated heterocycles. The Bertz CT molecular complexity index is 909. The molecule has 0 bridgehead atoms. The Kier molecular flexibility index (Phi) is 6.90. The second-order valence-electron chi connectivity index (χ2n) is 5.99. The third-order valence-electron chi connectivity index (χ3n) is 3.99. The van der Waals surface area contributed by atoms with Crippen LogP contribution in [-0.4, -0.2) is 28.3 Å². The van der Waals surface area contributed by atoms with Gasteiger partial charge in [0, 0.05) is 6.54 Å². The Morgan fingerprint density at radius 3 is 2.64 bits per heavy atom. The van der Waals surface area contributed by atoms with Crippen molar-refractivity contribution in [1.82, 2.24) is 4.90 Å². The van der Waals surface area contributed by atoms with Crippen molar-refractivity contribution >= 4 is 40.3 Å². The smallest absolute Gasteiger partial charge is 0.266 e. The first-order valence-electron chi connectivity index (χ1n) is 8.92. The van der Waals surface area contributed by atoms with E-state index in [9.17, 15) is 4.79 Å². The summed E-state index contributed by atoms with van der Waals surface area (Å²) in [6.07, 6.45) is 3.49. The first kappa shape index (κ1) is 20.2. The lowest BCUT2D eigenvalue weighted by Crippen LogP contribution is -2.27. The van der Waals surface area contributed by atoms with Crippen LogP contribution in [-0.2, 0) is 11.4 Å². The SMILES string of the molecule is C=CCN1C(=O)C(=Cc2ccc(OCc3ccccc3)c(OCC)c2)SC1=S. The van der Waals surface area contributed by atoms with Crippen LogP contribution in [0.5, 0.6) is 11.5 Å². The van der Waals surface area contributed by atoms with Crippen LogP contribution in [0.15, 0.2) is 66.1 Å². The highest BCUT2D eigenvalue weighted by Gasteiger charge is 2.31. The maximum Gasteiger partial charge on any atom is 0.266 e. The van der Waals surface area contributed by atoms with Gasteiger partial charge in [0.15, 0.2) is 11.5 Å². The van der Waals surface area contributed by atoms with Gasteiger partial charge in [-0.1, -0.05) is 66.5 Å². The molecule has 0 N–H and O–H groups in total. The summed E-state index contributed by atoms with van der Waals surface area (Å²) in [5, 5.41) is 0. The fourth-order valence-corrected chi connectivity index (χ4v) is 3.95. The fraction of sp³-hybridized carbons (Fsp3) is 0.182. The highest BCUT2D eigenvalue weighted by atomic mass is 32.2. The van der Waals surface area contributed by atoms with Gasteiger partial charge in [-0.25, -0.2) is 0 Å². The van der Waals surface area contributed by atoms with Gasteiger partial charge in [-0.2, -0.15) is 0 Å². The number of ether oxygens (including phenoxy) is 2. The minimum absolute atomic E-state index is 0.0998. The minimum Gasteiger partial charge on any atom is -0.490 e. The number of carbonyl (C=O) groups excluding carboxylic acids is 1. The van der Waals surface area contributed by atoms with E-state index in [1.54, 1.807) is 11.0 Å². The van der Waals surface area contributed by atoms with Crippen LogP contribution < -0.4 is 9.47 Å². The van der Waals surface area contributed by atoms with E-state index < -0.39 is 0 Å². The number of thiocarbonyl (C=S) groups is 1. The van der Waals surface area contributed by atoms with Crippen molar-refractivity contribution in [1.29, 1.82) is 0 Å². The fourth-order valence-electron chi connectivity index (χ4n) is 2.68. The molecule has 2 aromatic carbocycles. The predicted molar refractivity (Wildman–Crippen MR) is 118 cm³/mol. The quantitative estimate of drug-likeness (QED) is 0.345. The zero-order valence-electron chi connectivity index (χ0n) is 15.6. The summed E-state index contributed by atoms with van der Waals surface area (Å²) in [6, 6.07) is 15.6. The summed E-state index contributed by atoms with van der Waals surface area (Å²) >= 11 is 6.58. The molecule has 1 aliphatic rings. The Morgan fingerprint density at radius 1 is 1.14 bits per heavy atom. The number of carbonyl (C=O) groups is 1. The average molecular weight is 412 g/mol. The van der Waals surface area contributed by atoms with E-state index in [-0.39, 0.29) is 5.91 Å². The summed E-state index contributed by atoms with van der Waals surface area (Å²) in [6.45, 7) is 6.99. The average Bonchev–Trinajstić information content (AvgIpc) is 2.96. The molecule has 0 spiro atoms. The van der Waals surface area contributed by atoms with Crippen molar-refractivity contribution in [3.05, 3.63) is 77.2 Å². The molecule has 1 aliphatic heterocycles. The Labute approximate surface area is 174 Å². The van der Waals surface area contributed by atoms with Crippen LogP contribution in [0.2, 0.25) is 0 Å². The molecule has 0 aliphatic carbocycles. The van der Waals surface area contributed by atoms with Gasteiger partial charge < -0.3 is 9.47 Å². The molecule has 0 atom stereocenters. The summed E-state index contributed by atoms with van der Waals surface area (Å²) in [5.74, 6) is 1.22. The van der Waals surface area contributed by atoms with Gasteiger partial charge in [-0.15, -0.1) is 6.58 Å². The summed E-state index contributed by atoms with van der Waals surface area (Å²) < 4.78 is 12.2. The highest BCUT2D eigenvalue weighted by Crippen LogP contribution is 2.35. The van der Waals surface area contributed by atoms with Gasteiger partial charge in [0.1, 0.15) is 10.9 Å². The number of thioether (sulfide) groups is 1. The van der Waals surface area contributed by atoms with Gasteiger partial charge in [0.05, 0.1) is 11.5 Å². The largest absolute Gasteiger partial charge is 0.490 e. The second kappa shape index (κ2) is 9.57. The lowest BCUT2D eigenvalue weighted by atomic mass is 10.1. The van der Waals surface area contributed by atoms with Gasteiger partial charge in [0.2, 0.25) is 0 Å². The van der Waals surface area contributed by atoms with E-state index >= 15 is 0 Å². The monoisotopic (exact) mass is 411 g/mol. The van der Waals surface area contributed by atoms with Crippen molar-refractivity contribution in [2.75, 3.05) is 13.2 Å². The normalized spacial score (nSPS) is 15.2. The van der Waals surface area contributed by atoms with Gasteiger partial charge in [0.25, 0.3) is 5.91 Å². The highest BCUT2D eigenvalue weighted by molar-refractivity contribution is 8.26. The van der Waals surface area contributed by atoms with Crippen LogP contribution >= 0.6 is 24.0 Å². The molecule has 0 saturated carbocycles. The first-order chi connectivity index (χ1) is 13.6. The lowest BCUT2D eigenvalue weighted by Gasteiger charge is -2.13. The standard InChI is InChI=1S/C22H21NO3S2/c1-3-12-23-21(24)20(28-22(23)27)14-17-10-11-18(19(13-17)25-4-2)26-15-16-8-6-5-7-9-16/h3,5-11,13-14H,1,4,12,15H2,2H3. The third kappa shape index (κ3) is 4.82. The van der Waals surface area contributed by atoms with Crippen LogP contribution in [0.1, 0.15) is 18.1 Å². The van der Waals surface area contributed by atoms with E-state index in [1.165, 1.54) is 11.8 Å². The number of amides is 1. The summed E-state index contributed by atoms with van der Waals surface area (Å²) in [7, 11) is 0. The summed E-state index contributed by atoms with van der Waals surface area (Å²) in [4.78, 5) is 14.6. The molecule has 144 valence electrons. The molecule has 28 heavy (non-hydrogen) atoms.